The molecule has 0 unspecified atom stereocenters. The first-order chi connectivity index (χ1) is 14.4. The molecule has 30 heavy (non-hydrogen) atoms. The highest BCUT2D eigenvalue weighted by atomic mass is 32.2. The number of likely N-dealkylation sites (tertiary alicyclic amines) is 1. The van der Waals surface area contributed by atoms with Crippen LogP contribution in [0.1, 0.15) is 36.3 Å². The number of rotatable bonds is 8. The normalized spacial score (nSPS) is 16.4. The van der Waals surface area contributed by atoms with E-state index in [1.807, 2.05) is 36.9 Å². The Labute approximate surface area is 185 Å². The molecule has 1 aromatic heterocycles. The van der Waals surface area contributed by atoms with Crippen LogP contribution < -0.4 is 10.1 Å². The molecule has 1 N–H and O–H groups in total. The van der Waals surface area contributed by atoms with Crippen LogP contribution in [0.15, 0.2) is 22.5 Å². The van der Waals surface area contributed by atoms with E-state index >= 15 is 0 Å². The third-order valence-corrected chi connectivity index (χ3v) is 7.14. The Hall–Kier alpha value is -2.13. The van der Waals surface area contributed by atoms with E-state index in [0.717, 1.165) is 58.7 Å². The van der Waals surface area contributed by atoms with Gasteiger partial charge in [0.05, 0.1) is 12.9 Å². The fourth-order valence-electron chi connectivity index (χ4n) is 3.53. The van der Waals surface area contributed by atoms with Crippen molar-refractivity contribution in [3.05, 3.63) is 28.8 Å². The van der Waals surface area contributed by atoms with Crippen LogP contribution in [0.5, 0.6) is 5.75 Å². The lowest BCUT2D eigenvalue weighted by Crippen LogP contribution is -2.41. The number of hydrogen-bond acceptors (Lipinski definition) is 7. The number of amides is 2. The van der Waals surface area contributed by atoms with Gasteiger partial charge in [-0.1, -0.05) is 23.1 Å². The molecule has 162 valence electrons. The molecule has 3 rings (SSSR count). The molecule has 2 heterocycles. The summed E-state index contributed by atoms with van der Waals surface area (Å²) >= 11 is 2.96. The molecule has 0 radical (unpaired) electrons. The molecule has 1 saturated heterocycles. The Morgan fingerprint density at radius 1 is 1.33 bits per heavy atom. The summed E-state index contributed by atoms with van der Waals surface area (Å²) in [6, 6.07) is 5.61. The fraction of sp³-hybridized carbons (Fsp3) is 0.524. The SMILES string of the molecule is COc1ccc(NC(=O)CC[C@@H]2CCCN(C(=O)CSc3nnc(C)s3)C2)c(C)c1. The van der Waals surface area contributed by atoms with E-state index in [2.05, 4.69) is 15.5 Å². The van der Waals surface area contributed by atoms with Gasteiger partial charge < -0.3 is 15.0 Å². The molecule has 0 aliphatic carbocycles. The van der Waals surface area contributed by atoms with Gasteiger partial charge in [0.2, 0.25) is 11.8 Å². The minimum Gasteiger partial charge on any atom is -0.497 e. The second-order valence-electron chi connectivity index (χ2n) is 7.49. The van der Waals surface area contributed by atoms with Crippen molar-refractivity contribution in [2.45, 2.75) is 43.9 Å². The van der Waals surface area contributed by atoms with Crippen molar-refractivity contribution in [1.82, 2.24) is 15.1 Å². The zero-order valence-corrected chi connectivity index (χ0v) is 19.3. The molecule has 1 aliphatic rings. The fourth-order valence-corrected chi connectivity index (χ4v) is 5.25. The average molecular weight is 449 g/mol. The first kappa shape index (κ1) is 22.6. The number of anilines is 1. The summed E-state index contributed by atoms with van der Waals surface area (Å²) in [5.74, 6) is 1.67. The number of carbonyl (C=O) groups excluding carboxylic acids is 2. The van der Waals surface area contributed by atoms with Crippen LogP contribution in [-0.2, 0) is 9.59 Å². The summed E-state index contributed by atoms with van der Waals surface area (Å²) in [5, 5.41) is 11.9. The molecule has 1 fully saturated rings. The molecule has 2 aromatic rings. The minimum atomic E-state index is 0.00825. The summed E-state index contributed by atoms with van der Waals surface area (Å²) in [6.07, 6.45) is 3.28. The molecule has 0 saturated carbocycles. The first-order valence-electron chi connectivity index (χ1n) is 10.1. The van der Waals surface area contributed by atoms with Crippen molar-refractivity contribution in [3.8, 4) is 5.75 Å². The number of methoxy groups -OCH3 is 1. The summed E-state index contributed by atoms with van der Waals surface area (Å²) in [6.45, 7) is 5.38. The lowest BCUT2D eigenvalue weighted by molar-refractivity contribution is -0.130. The van der Waals surface area contributed by atoms with Crippen molar-refractivity contribution < 1.29 is 14.3 Å². The number of thioether (sulfide) groups is 1. The summed E-state index contributed by atoms with van der Waals surface area (Å²) in [7, 11) is 1.63. The summed E-state index contributed by atoms with van der Waals surface area (Å²) in [5.41, 5.74) is 1.78. The molecule has 7 nitrogen and oxygen atoms in total. The van der Waals surface area contributed by atoms with Crippen LogP contribution in [0.25, 0.3) is 0 Å². The minimum absolute atomic E-state index is 0.00825. The molecule has 9 heteroatoms. The quantitative estimate of drug-likeness (QED) is 0.617. The Bertz CT molecular complexity index is 887. The van der Waals surface area contributed by atoms with Crippen LogP contribution in [0.2, 0.25) is 0 Å². The van der Waals surface area contributed by atoms with Crippen molar-refractivity contribution in [3.63, 3.8) is 0 Å². The van der Waals surface area contributed by atoms with Gasteiger partial charge in [0, 0.05) is 25.2 Å². The smallest absolute Gasteiger partial charge is 0.233 e. The third-order valence-electron chi connectivity index (χ3n) is 5.19. The van der Waals surface area contributed by atoms with Gasteiger partial charge >= 0.3 is 0 Å². The largest absolute Gasteiger partial charge is 0.497 e. The highest BCUT2D eigenvalue weighted by Crippen LogP contribution is 2.26. The number of nitrogens with zero attached hydrogens (tertiary/aromatic N) is 3. The van der Waals surface area contributed by atoms with E-state index in [1.54, 1.807) is 7.11 Å². The van der Waals surface area contributed by atoms with Gasteiger partial charge in [-0.25, -0.2) is 0 Å². The maximum atomic E-state index is 12.6. The maximum absolute atomic E-state index is 12.6. The summed E-state index contributed by atoms with van der Waals surface area (Å²) < 4.78 is 6.04. The van der Waals surface area contributed by atoms with Crippen molar-refractivity contribution in [1.29, 1.82) is 0 Å². The number of aromatic nitrogens is 2. The highest BCUT2D eigenvalue weighted by Gasteiger charge is 2.24. The zero-order valence-electron chi connectivity index (χ0n) is 17.6. The number of aryl methyl sites for hydroxylation is 2. The van der Waals surface area contributed by atoms with Crippen LogP contribution in [0.3, 0.4) is 0 Å². The summed E-state index contributed by atoms with van der Waals surface area (Å²) in [4.78, 5) is 26.9. The van der Waals surface area contributed by atoms with Gasteiger partial charge in [-0.2, -0.15) is 0 Å². The Balaban J connectivity index is 1.43. The zero-order chi connectivity index (χ0) is 21.5. The van der Waals surface area contributed by atoms with Gasteiger partial charge in [0.1, 0.15) is 10.8 Å². The van der Waals surface area contributed by atoms with E-state index in [-0.39, 0.29) is 11.8 Å². The molecule has 1 aromatic carbocycles. The second kappa shape index (κ2) is 10.8. The lowest BCUT2D eigenvalue weighted by Gasteiger charge is -2.32. The molecule has 2 amide bonds. The van der Waals surface area contributed by atoms with E-state index in [4.69, 9.17) is 4.74 Å². The van der Waals surface area contributed by atoms with E-state index < -0.39 is 0 Å². The number of ether oxygens (including phenoxy) is 1. The molecular formula is C21H28N4O3S2. The molecule has 0 bridgehead atoms. The van der Waals surface area contributed by atoms with Gasteiger partial charge in [-0.05, 0) is 62.8 Å². The van der Waals surface area contributed by atoms with Crippen LogP contribution in [0.4, 0.5) is 5.69 Å². The monoisotopic (exact) mass is 448 g/mol. The third kappa shape index (κ3) is 6.43. The van der Waals surface area contributed by atoms with Crippen LogP contribution in [-0.4, -0.2) is 52.9 Å². The van der Waals surface area contributed by atoms with E-state index in [9.17, 15) is 9.59 Å². The lowest BCUT2D eigenvalue weighted by atomic mass is 9.93. The Morgan fingerprint density at radius 3 is 2.87 bits per heavy atom. The van der Waals surface area contributed by atoms with Gasteiger partial charge in [-0.15, -0.1) is 10.2 Å². The molecule has 0 spiro atoms. The van der Waals surface area contributed by atoms with Crippen molar-refractivity contribution in [2.24, 2.45) is 5.92 Å². The topological polar surface area (TPSA) is 84.4 Å². The predicted octanol–water partition coefficient (Wildman–Crippen LogP) is 3.91. The van der Waals surface area contributed by atoms with E-state index in [1.165, 1.54) is 23.1 Å². The number of nitrogens with one attached hydrogen (secondary N) is 1. The van der Waals surface area contributed by atoms with Gasteiger partial charge in [-0.3, -0.25) is 9.59 Å². The Morgan fingerprint density at radius 2 is 2.17 bits per heavy atom. The molecule has 1 atom stereocenters. The predicted molar refractivity (Wildman–Crippen MR) is 120 cm³/mol. The highest BCUT2D eigenvalue weighted by molar-refractivity contribution is 8.01. The van der Waals surface area contributed by atoms with Crippen molar-refractivity contribution >= 4 is 40.6 Å². The average Bonchev–Trinajstić information content (AvgIpc) is 3.17. The Kier molecular flexibility index (Phi) is 8.09. The standard InChI is InChI=1S/C21H28N4O3S2/c1-14-11-17(28-3)7-8-18(14)22-19(26)9-6-16-5-4-10-25(12-16)20(27)13-29-21-24-23-15(2)30-21/h7-8,11,16H,4-6,9-10,12-13H2,1-3H3,(H,22,26)/t16-/m0/s1. The van der Waals surface area contributed by atoms with Crippen LogP contribution >= 0.6 is 23.1 Å². The van der Waals surface area contributed by atoms with Crippen molar-refractivity contribution in [2.75, 3.05) is 31.3 Å². The number of benzene rings is 1. The number of hydrogen-bond donors (Lipinski definition) is 1. The number of carbonyl (C=O) groups is 2. The van der Waals surface area contributed by atoms with Crippen LogP contribution in [0, 0.1) is 19.8 Å². The van der Waals surface area contributed by atoms with Gasteiger partial charge in [0.15, 0.2) is 4.34 Å². The van der Waals surface area contributed by atoms with Gasteiger partial charge in [0.25, 0.3) is 0 Å². The molecule has 1 aliphatic heterocycles. The maximum Gasteiger partial charge on any atom is 0.233 e. The molecular weight excluding hydrogens is 420 g/mol. The number of piperidine rings is 1. The second-order valence-corrected chi connectivity index (χ2v) is 9.90. The van der Waals surface area contributed by atoms with E-state index in [0.29, 0.717) is 18.1 Å². The first-order valence-corrected chi connectivity index (χ1v) is 11.9.